The Labute approximate surface area is 109 Å². The molecule has 2 aromatic rings. The van der Waals surface area contributed by atoms with Crippen LogP contribution in [0.25, 0.3) is 0 Å². The number of hydrogen-bond donors (Lipinski definition) is 1. The van der Waals surface area contributed by atoms with Gasteiger partial charge in [-0.3, -0.25) is 4.79 Å². The fraction of sp³-hybridized carbons (Fsp3) is 0.250. The van der Waals surface area contributed by atoms with Crippen molar-refractivity contribution in [2.45, 2.75) is 6.54 Å². The SMILES string of the molecule is CNc1cccc(C(=O)N(C)Cc2cscn2)n1. The number of carbonyl (C=O) groups excluding carboxylic acids is 1. The molecule has 0 bridgehead atoms. The van der Waals surface area contributed by atoms with E-state index in [4.69, 9.17) is 0 Å². The van der Waals surface area contributed by atoms with E-state index in [1.54, 1.807) is 30.6 Å². The zero-order valence-electron chi connectivity index (χ0n) is 10.3. The van der Waals surface area contributed by atoms with Crippen molar-refractivity contribution in [3.8, 4) is 0 Å². The molecule has 1 amide bonds. The predicted molar refractivity (Wildman–Crippen MR) is 71.7 cm³/mol. The Kier molecular flexibility index (Phi) is 3.88. The third kappa shape index (κ3) is 2.84. The van der Waals surface area contributed by atoms with Gasteiger partial charge in [-0.25, -0.2) is 9.97 Å². The van der Waals surface area contributed by atoms with Gasteiger partial charge in [0.2, 0.25) is 0 Å². The Morgan fingerprint density at radius 2 is 2.33 bits per heavy atom. The van der Waals surface area contributed by atoms with E-state index in [-0.39, 0.29) is 5.91 Å². The molecule has 0 unspecified atom stereocenters. The fourth-order valence-electron chi connectivity index (χ4n) is 1.52. The zero-order valence-corrected chi connectivity index (χ0v) is 11.1. The lowest BCUT2D eigenvalue weighted by Gasteiger charge is -2.15. The summed E-state index contributed by atoms with van der Waals surface area (Å²) in [4.78, 5) is 22.1. The molecule has 0 fully saturated rings. The van der Waals surface area contributed by atoms with Crippen LogP contribution in [0.1, 0.15) is 16.2 Å². The molecule has 2 aromatic heterocycles. The molecule has 94 valence electrons. The van der Waals surface area contributed by atoms with Gasteiger partial charge in [0.05, 0.1) is 17.7 Å². The van der Waals surface area contributed by atoms with E-state index in [1.165, 1.54) is 11.3 Å². The lowest BCUT2D eigenvalue weighted by Crippen LogP contribution is -2.27. The second-order valence-corrected chi connectivity index (χ2v) is 4.52. The summed E-state index contributed by atoms with van der Waals surface area (Å²) < 4.78 is 0. The highest BCUT2D eigenvalue weighted by Gasteiger charge is 2.14. The summed E-state index contributed by atoms with van der Waals surface area (Å²) in [5, 5.41) is 4.85. The molecule has 0 radical (unpaired) electrons. The number of hydrogen-bond acceptors (Lipinski definition) is 5. The summed E-state index contributed by atoms with van der Waals surface area (Å²) in [7, 11) is 3.52. The van der Waals surface area contributed by atoms with Crippen molar-refractivity contribution >= 4 is 23.1 Å². The molecule has 0 saturated carbocycles. The van der Waals surface area contributed by atoms with Crippen molar-refractivity contribution in [3.63, 3.8) is 0 Å². The standard InChI is InChI=1S/C12H14N4OS/c1-13-11-5-3-4-10(15-11)12(17)16(2)6-9-7-18-8-14-9/h3-5,7-8H,6H2,1-2H3,(H,13,15). The second kappa shape index (κ2) is 5.59. The number of nitrogens with zero attached hydrogens (tertiary/aromatic N) is 3. The van der Waals surface area contributed by atoms with Crippen LogP contribution in [0.5, 0.6) is 0 Å². The van der Waals surface area contributed by atoms with Crippen LogP contribution in [-0.4, -0.2) is 34.9 Å². The second-order valence-electron chi connectivity index (χ2n) is 3.80. The van der Waals surface area contributed by atoms with Crippen molar-refractivity contribution in [1.82, 2.24) is 14.9 Å². The number of carbonyl (C=O) groups is 1. The van der Waals surface area contributed by atoms with Gasteiger partial charge < -0.3 is 10.2 Å². The first-order valence-electron chi connectivity index (χ1n) is 5.48. The summed E-state index contributed by atoms with van der Waals surface area (Å²) in [6, 6.07) is 5.33. The van der Waals surface area contributed by atoms with Gasteiger partial charge >= 0.3 is 0 Å². The summed E-state index contributed by atoms with van der Waals surface area (Å²) in [5.74, 6) is 0.572. The molecular weight excluding hydrogens is 248 g/mol. The Hall–Kier alpha value is -1.95. The van der Waals surface area contributed by atoms with Gasteiger partial charge in [-0.2, -0.15) is 0 Å². The fourth-order valence-corrected chi connectivity index (χ4v) is 2.07. The largest absolute Gasteiger partial charge is 0.373 e. The smallest absolute Gasteiger partial charge is 0.272 e. The van der Waals surface area contributed by atoms with E-state index in [1.807, 2.05) is 17.5 Å². The number of amides is 1. The van der Waals surface area contributed by atoms with E-state index in [9.17, 15) is 4.79 Å². The number of pyridine rings is 1. The maximum Gasteiger partial charge on any atom is 0.272 e. The Morgan fingerprint density at radius 3 is 3.00 bits per heavy atom. The monoisotopic (exact) mass is 262 g/mol. The number of aromatic nitrogens is 2. The number of nitrogens with one attached hydrogen (secondary N) is 1. The van der Waals surface area contributed by atoms with Crippen molar-refractivity contribution < 1.29 is 4.79 Å². The summed E-state index contributed by atoms with van der Waals surface area (Å²) in [6.45, 7) is 0.494. The van der Waals surface area contributed by atoms with Crippen LogP contribution in [0, 0.1) is 0 Å². The Morgan fingerprint density at radius 1 is 1.50 bits per heavy atom. The first kappa shape index (κ1) is 12.5. The minimum absolute atomic E-state index is 0.111. The van der Waals surface area contributed by atoms with E-state index >= 15 is 0 Å². The van der Waals surface area contributed by atoms with Gasteiger partial charge in [0.15, 0.2) is 0 Å². The van der Waals surface area contributed by atoms with E-state index < -0.39 is 0 Å². The molecule has 0 aliphatic carbocycles. The van der Waals surface area contributed by atoms with Gasteiger partial charge in [0, 0.05) is 19.5 Å². The number of thiazole rings is 1. The molecule has 0 atom stereocenters. The minimum Gasteiger partial charge on any atom is -0.373 e. The third-order valence-corrected chi connectivity index (χ3v) is 3.09. The van der Waals surface area contributed by atoms with E-state index in [0.29, 0.717) is 18.1 Å². The molecule has 0 aliphatic rings. The predicted octanol–water partition coefficient (Wildman–Crippen LogP) is 1.85. The highest BCUT2D eigenvalue weighted by atomic mass is 32.1. The van der Waals surface area contributed by atoms with Gasteiger partial charge in [0.1, 0.15) is 11.5 Å². The van der Waals surface area contributed by atoms with Crippen molar-refractivity contribution in [2.24, 2.45) is 0 Å². The lowest BCUT2D eigenvalue weighted by atomic mass is 10.3. The molecule has 6 heteroatoms. The molecule has 2 heterocycles. The average Bonchev–Trinajstić information content (AvgIpc) is 2.90. The molecule has 0 spiro atoms. The number of rotatable bonds is 4. The lowest BCUT2D eigenvalue weighted by molar-refractivity contribution is 0.0778. The number of anilines is 1. The Bertz CT molecular complexity index is 527. The van der Waals surface area contributed by atoms with Crippen molar-refractivity contribution in [3.05, 3.63) is 40.5 Å². The first-order chi connectivity index (χ1) is 8.70. The summed E-state index contributed by atoms with van der Waals surface area (Å²) in [6.07, 6.45) is 0. The van der Waals surface area contributed by atoms with Gasteiger partial charge in [0.25, 0.3) is 5.91 Å². The third-order valence-electron chi connectivity index (χ3n) is 2.45. The average molecular weight is 262 g/mol. The quantitative estimate of drug-likeness (QED) is 0.913. The van der Waals surface area contributed by atoms with E-state index in [2.05, 4.69) is 15.3 Å². The topological polar surface area (TPSA) is 58.1 Å². The summed E-state index contributed by atoms with van der Waals surface area (Å²) >= 11 is 1.52. The molecule has 5 nitrogen and oxygen atoms in total. The van der Waals surface area contributed by atoms with Crippen LogP contribution in [0.3, 0.4) is 0 Å². The maximum atomic E-state index is 12.2. The van der Waals surface area contributed by atoms with Crippen LogP contribution >= 0.6 is 11.3 Å². The van der Waals surface area contributed by atoms with Crippen LogP contribution in [-0.2, 0) is 6.54 Å². The summed E-state index contributed by atoms with van der Waals surface area (Å²) in [5.41, 5.74) is 3.08. The van der Waals surface area contributed by atoms with Crippen LogP contribution in [0.2, 0.25) is 0 Å². The minimum atomic E-state index is -0.111. The molecular formula is C12H14N4OS. The molecule has 0 aromatic carbocycles. The molecule has 0 aliphatic heterocycles. The molecule has 2 rings (SSSR count). The molecule has 18 heavy (non-hydrogen) atoms. The highest BCUT2D eigenvalue weighted by molar-refractivity contribution is 7.07. The van der Waals surface area contributed by atoms with Crippen LogP contribution < -0.4 is 5.32 Å². The van der Waals surface area contributed by atoms with Crippen LogP contribution in [0.4, 0.5) is 5.82 Å². The van der Waals surface area contributed by atoms with E-state index in [0.717, 1.165) is 5.69 Å². The molecule has 0 saturated heterocycles. The van der Waals surface area contributed by atoms with Crippen LogP contribution in [0.15, 0.2) is 29.1 Å². The normalized spacial score (nSPS) is 10.1. The first-order valence-corrected chi connectivity index (χ1v) is 6.42. The zero-order chi connectivity index (χ0) is 13.0. The maximum absolute atomic E-state index is 12.2. The van der Waals surface area contributed by atoms with Gasteiger partial charge in [-0.1, -0.05) is 6.07 Å². The van der Waals surface area contributed by atoms with Gasteiger partial charge in [-0.05, 0) is 12.1 Å². The Balaban J connectivity index is 2.10. The molecule has 1 N–H and O–H groups in total. The van der Waals surface area contributed by atoms with Crippen molar-refractivity contribution in [2.75, 3.05) is 19.4 Å². The van der Waals surface area contributed by atoms with Crippen molar-refractivity contribution in [1.29, 1.82) is 0 Å². The van der Waals surface area contributed by atoms with Gasteiger partial charge in [-0.15, -0.1) is 11.3 Å². The highest BCUT2D eigenvalue weighted by Crippen LogP contribution is 2.09.